The van der Waals surface area contributed by atoms with E-state index in [-0.39, 0.29) is 31.5 Å². The van der Waals surface area contributed by atoms with E-state index in [1.165, 1.54) is 6.82 Å². The Bertz CT molecular complexity index is 157. The van der Waals surface area contributed by atoms with E-state index in [1.807, 2.05) is 0 Å². The summed E-state index contributed by atoms with van der Waals surface area (Å²) in [5, 5.41) is 39.8. The smallest absolute Gasteiger partial charge is 0.303 e. The van der Waals surface area contributed by atoms with Gasteiger partial charge in [0.1, 0.15) is 6.10 Å². The number of carbonyl (C=O) groups is 2. The number of aliphatic hydroxyl groups excluding tert-OH is 3. The Labute approximate surface area is 100 Å². The van der Waals surface area contributed by atoms with Gasteiger partial charge in [-0.2, -0.15) is 0 Å². The van der Waals surface area contributed by atoms with Gasteiger partial charge in [0.2, 0.25) is 0 Å². The summed E-state index contributed by atoms with van der Waals surface area (Å²) in [4.78, 5) is 19.3. The fourth-order valence-electron chi connectivity index (χ4n) is 0.272. The van der Waals surface area contributed by atoms with Crippen LogP contribution < -0.4 is 0 Å². The molecule has 0 amide bonds. The van der Waals surface area contributed by atoms with Crippen LogP contribution in [0.5, 0.6) is 0 Å². The molecule has 0 aromatic rings. The molecule has 0 spiro atoms. The van der Waals surface area contributed by atoms with Crippen molar-refractivity contribution in [1.29, 1.82) is 0 Å². The second kappa shape index (κ2) is 20.3. The lowest BCUT2D eigenvalue weighted by Gasteiger charge is -1.96. The van der Waals surface area contributed by atoms with Crippen LogP contribution in [0.25, 0.3) is 0 Å². The molecule has 0 bridgehead atoms. The third-order valence-electron chi connectivity index (χ3n) is 0.974. The predicted octanol–water partition coefficient (Wildman–Crippen LogP) is -2.35. The maximum Gasteiger partial charge on any atom is 0.303 e. The Balaban J connectivity index is -0.0000000844. The van der Waals surface area contributed by atoms with E-state index in [2.05, 4.69) is 7.85 Å². The van der Waals surface area contributed by atoms with Gasteiger partial charge in [-0.1, -0.05) is 6.82 Å². The van der Waals surface area contributed by atoms with Crippen LogP contribution in [0.1, 0.15) is 12.8 Å². The maximum atomic E-state index is 9.64. The third-order valence-corrected chi connectivity index (χ3v) is 0.974. The Morgan fingerprint density at radius 1 is 1.00 bits per heavy atom. The maximum absolute atomic E-state index is 9.64. The highest BCUT2D eigenvalue weighted by Crippen LogP contribution is 1.86. The molecule has 17 heavy (non-hydrogen) atoms. The lowest BCUT2D eigenvalue weighted by atomic mass is 10.2. The number of carboxylic acid groups (broad SMARTS) is 2. The molecule has 0 fully saturated rings. The summed E-state index contributed by atoms with van der Waals surface area (Å²) in [5.41, 5.74) is 0. The van der Waals surface area contributed by atoms with Crippen molar-refractivity contribution in [1.82, 2.24) is 0 Å². The van der Waals surface area contributed by atoms with Crippen LogP contribution in [0.15, 0.2) is 0 Å². The summed E-state index contributed by atoms with van der Waals surface area (Å²) in [7, 11) is 4.50. The largest absolute Gasteiger partial charge is 0.481 e. The second-order valence-corrected chi connectivity index (χ2v) is 2.31. The average molecular weight is 254 g/mol. The minimum absolute atomic E-state index is 0. The molecule has 9 heteroatoms. The van der Waals surface area contributed by atoms with E-state index in [9.17, 15) is 9.59 Å². The van der Waals surface area contributed by atoms with E-state index in [4.69, 9.17) is 25.5 Å². The summed E-state index contributed by atoms with van der Waals surface area (Å²) >= 11 is 0. The van der Waals surface area contributed by atoms with Gasteiger partial charge in [0, 0.05) is 0 Å². The van der Waals surface area contributed by atoms with Gasteiger partial charge < -0.3 is 31.0 Å². The van der Waals surface area contributed by atoms with Crippen molar-refractivity contribution in [3.63, 3.8) is 0 Å². The Hall–Kier alpha value is -1.16. The lowest BCUT2D eigenvalue weighted by molar-refractivity contribution is -0.143. The van der Waals surface area contributed by atoms with E-state index in [0.717, 1.165) is 0 Å². The topological polar surface area (TPSA) is 167 Å². The first-order chi connectivity index (χ1) is 7.43. The van der Waals surface area contributed by atoms with Crippen molar-refractivity contribution < 1.29 is 40.6 Å². The van der Waals surface area contributed by atoms with E-state index in [0.29, 0.717) is 0 Å². The van der Waals surface area contributed by atoms with Crippen LogP contribution in [-0.2, 0) is 9.59 Å². The summed E-state index contributed by atoms with van der Waals surface area (Å²) in [6.45, 7) is 0.771. The molecule has 0 heterocycles. The molecule has 0 aromatic carbocycles. The zero-order valence-electron chi connectivity index (χ0n) is 9.54. The number of aliphatic hydroxyl groups is 3. The van der Waals surface area contributed by atoms with Gasteiger partial charge in [-0.05, 0) is 0 Å². The molecule has 0 aliphatic carbocycles. The Kier molecular flexibility index (Phi) is 29.7. The van der Waals surface area contributed by atoms with Crippen molar-refractivity contribution in [3.05, 3.63) is 0 Å². The van der Waals surface area contributed by atoms with Crippen LogP contribution >= 0.6 is 0 Å². The normalized spacial score (nSPS) is 7.82. The molecular weight excluding hydrogens is 235 g/mol. The minimum atomic E-state index is -1.08. The Morgan fingerprint density at radius 2 is 1.24 bits per heavy atom. The second-order valence-electron chi connectivity index (χ2n) is 2.31. The van der Waals surface area contributed by atoms with Crippen LogP contribution in [0.3, 0.4) is 0 Å². The fraction of sp³-hybridized carbons (Fsp3) is 0.750. The summed E-state index contributed by atoms with van der Waals surface area (Å²) in [5.74, 6) is -2.15. The first-order valence-corrected chi connectivity index (χ1v) is 4.35. The van der Waals surface area contributed by atoms with Crippen molar-refractivity contribution in [3.8, 4) is 0 Å². The average Bonchev–Trinajstić information content (AvgIpc) is 2.28. The van der Waals surface area contributed by atoms with E-state index < -0.39 is 18.0 Å². The standard InChI is InChI=1S/C4H6O4.C3H8O3.CH3B.H2O/c5-3(6)1-2-4(7)8;4-1-3(6)2-5;1-2;/h1-2H2,(H,5,6)(H,7,8);3-6H,1-2H2;1H3;1H2. The minimum Gasteiger partial charge on any atom is -0.481 e. The van der Waals surface area contributed by atoms with Gasteiger partial charge in [0.15, 0.2) is 0 Å². The quantitative estimate of drug-likeness (QED) is 0.342. The SMILES string of the molecule is O.O=C(O)CCC(=O)O.OCC(O)CO.[B]C. The first-order valence-electron chi connectivity index (χ1n) is 4.35. The molecule has 102 valence electrons. The van der Waals surface area contributed by atoms with Gasteiger partial charge in [-0.3, -0.25) is 9.59 Å². The number of hydrogen-bond donors (Lipinski definition) is 5. The zero-order valence-corrected chi connectivity index (χ0v) is 9.54. The molecule has 0 rings (SSSR count). The summed E-state index contributed by atoms with van der Waals surface area (Å²) in [6.07, 6.45) is -1.55. The van der Waals surface area contributed by atoms with E-state index >= 15 is 0 Å². The highest BCUT2D eigenvalue weighted by atomic mass is 16.4. The Morgan fingerprint density at radius 3 is 1.29 bits per heavy atom. The van der Waals surface area contributed by atoms with Gasteiger partial charge >= 0.3 is 11.9 Å². The molecule has 0 aromatic heterocycles. The fourth-order valence-corrected chi connectivity index (χ4v) is 0.272. The third kappa shape index (κ3) is 39.8. The molecule has 0 unspecified atom stereocenters. The highest BCUT2D eigenvalue weighted by molar-refractivity contribution is 6.05. The molecule has 0 atom stereocenters. The van der Waals surface area contributed by atoms with Crippen molar-refractivity contribution in [2.24, 2.45) is 0 Å². The number of aliphatic carboxylic acids is 2. The molecule has 0 aliphatic rings. The molecule has 0 aliphatic heterocycles. The first kappa shape index (κ1) is 24.9. The monoisotopic (exact) mass is 254 g/mol. The van der Waals surface area contributed by atoms with Crippen LogP contribution in [-0.4, -0.2) is 70.1 Å². The van der Waals surface area contributed by atoms with Crippen LogP contribution in [0.2, 0.25) is 6.82 Å². The zero-order chi connectivity index (χ0) is 13.6. The number of carboxylic acids is 2. The summed E-state index contributed by atoms with van der Waals surface area (Å²) < 4.78 is 0. The summed E-state index contributed by atoms with van der Waals surface area (Å²) in [6, 6.07) is 0. The van der Waals surface area contributed by atoms with Crippen LogP contribution in [0.4, 0.5) is 0 Å². The molecule has 0 saturated carbocycles. The predicted molar refractivity (Wildman–Crippen MR) is 59.9 cm³/mol. The van der Waals surface area contributed by atoms with Gasteiger partial charge in [0.25, 0.3) is 0 Å². The molecular formula is C8H19BO8. The molecule has 2 radical (unpaired) electrons. The van der Waals surface area contributed by atoms with Crippen molar-refractivity contribution in [2.45, 2.75) is 25.8 Å². The van der Waals surface area contributed by atoms with Gasteiger partial charge in [-0.25, -0.2) is 0 Å². The van der Waals surface area contributed by atoms with E-state index in [1.54, 1.807) is 0 Å². The van der Waals surface area contributed by atoms with Crippen molar-refractivity contribution >= 4 is 19.8 Å². The van der Waals surface area contributed by atoms with Gasteiger partial charge in [0.05, 0.1) is 33.9 Å². The number of hydrogen-bond acceptors (Lipinski definition) is 5. The highest BCUT2D eigenvalue weighted by Gasteiger charge is 2.00. The van der Waals surface area contributed by atoms with Crippen molar-refractivity contribution in [2.75, 3.05) is 13.2 Å². The molecule has 0 saturated heterocycles. The molecule has 7 N–H and O–H groups in total. The van der Waals surface area contributed by atoms with Gasteiger partial charge in [-0.15, -0.1) is 0 Å². The molecule has 8 nitrogen and oxygen atoms in total. The lowest BCUT2D eigenvalue weighted by Crippen LogP contribution is -2.15. The number of rotatable bonds is 5. The van der Waals surface area contributed by atoms with Crippen LogP contribution in [0, 0.1) is 0 Å².